The average molecular weight is 257 g/mol. The number of hydrogen-bond acceptors (Lipinski definition) is 2. The summed E-state index contributed by atoms with van der Waals surface area (Å²) in [5, 5.41) is 2.27. The monoisotopic (exact) mass is 257 g/mol. The van der Waals surface area contributed by atoms with Crippen LogP contribution in [0.25, 0.3) is 0 Å². The van der Waals surface area contributed by atoms with E-state index in [4.69, 9.17) is 4.84 Å². The van der Waals surface area contributed by atoms with Crippen LogP contribution < -0.4 is 0 Å². The second kappa shape index (κ2) is 4.32. The highest BCUT2D eigenvalue weighted by Gasteiger charge is 2.53. The lowest BCUT2D eigenvalue weighted by atomic mass is 9.53. The lowest BCUT2D eigenvalue weighted by molar-refractivity contribution is -0.211. The number of benzene rings is 1. The molecule has 0 N–H and O–H groups in total. The molecule has 0 aromatic heterocycles. The minimum absolute atomic E-state index is 0.465. The summed E-state index contributed by atoms with van der Waals surface area (Å²) in [5.74, 6) is 0.810. The molecule has 4 rings (SSSR count). The van der Waals surface area contributed by atoms with Gasteiger partial charge in [-0.2, -0.15) is 5.06 Å². The van der Waals surface area contributed by atoms with Crippen LogP contribution in [-0.2, 0) is 16.7 Å². The number of rotatable bonds is 1. The van der Waals surface area contributed by atoms with Gasteiger partial charge in [0.05, 0.1) is 7.11 Å². The third-order valence-corrected chi connectivity index (χ3v) is 5.93. The van der Waals surface area contributed by atoms with Crippen molar-refractivity contribution in [2.24, 2.45) is 5.92 Å². The summed E-state index contributed by atoms with van der Waals surface area (Å²) in [6, 6.07) is 9.79. The molecule has 0 amide bonds. The SMILES string of the molecule is CON1CC[C@]23CCCC[C@H]2[C@H]1Cc1ccccc13. The molecule has 1 saturated carbocycles. The van der Waals surface area contributed by atoms with E-state index in [2.05, 4.69) is 29.3 Å². The minimum Gasteiger partial charge on any atom is -0.302 e. The van der Waals surface area contributed by atoms with Gasteiger partial charge in [-0.1, -0.05) is 37.1 Å². The molecule has 19 heavy (non-hydrogen) atoms. The Balaban J connectivity index is 1.86. The molecule has 1 aromatic rings. The van der Waals surface area contributed by atoms with Crippen molar-refractivity contribution >= 4 is 0 Å². The van der Waals surface area contributed by atoms with Crippen LogP contribution >= 0.6 is 0 Å². The Labute approximate surface area is 115 Å². The maximum atomic E-state index is 5.67. The van der Waals surface area contributed by atoms with Crippen molar-refractivity contribution in [2.45, 2.75) is 50.0 Å². The van der Waals surface area contributed by atoms with Crippen molar-refractivity contribution in [1.82, 2.24) is 5.06 Å². The van der Waals surface area contributed by atoms with Crippen molar-refractivity contribution in [3.63, 3.8) is 0 Å². The van der Waals surface area contributed by atoms with E-state index in [1.54, 1.807) is 11.1 Å². The summed E-state index contributed by atoms with van der Waals surface area (Å²) in [4.78, 5) is 5.67. The van der Waals surface area contributed by atoms with E-state index < -0.39 is 0 Å². The first-order valence-electron chi connectivity index (χ1n) is 7.74. The standard InChI is InChI=1S/C17H23NO/c1-19-18-11-10-17-9-5-4-8-15(17)16(18)12-13-6-2-3-7-14(13)17/h2-3,6-7,15-16H,4-5,8-12H2,1H3/t15-,16+,17-/m0/s1. The normalized spacial score (nSPS) is 37.5. The highest BCUT2D eigenvalue weighted by molar-refractivity contribution is 5.40. The second-order valence-electron chi connectivity index (χ2n) is 6.51. The lowest BCUT2D eigenvalue weighted by Crippen LogP contribution is -2.60. The summed E-state index contributed by atoms with van der Waals surface area (Å²) in [5.41, 5.74) is 3.71. The van der Waals surface area contributed by atoms with Crippen LogP contribution in [0.5, 0.6) is 0 Å². The summed E-state index contributed by atoms with van der Waals surface area (Å²) < 4.78 is 0. The van der Waals surface area contributed by atoms with Gasteiger partial charge < -0.3 is 4.84 Å². The topological polar surface area (TPSA) is 12.5 Å². The zero-order chi connectivity index (χ0) is 12.9. The van der Waals surface area contributed by atoms with Gasteiger partial charge in [0.15, 0.2) is 0 Å². The molecule has 102 valence electrons. The van der Waals surface area contributed by atoms with E-state index in [0.29, 0.717) is 11.5 Å². The number of hydroxylamine groups is 2. The van der Waals surface area contributed by atoms with Crippen LogP contribution in [0.4, 0.5) is 0 Å². The van der Waals surface area contributed by atoms with Crippen LogP contribution in [0.3, 0.4) is 0 Å². The highest BCUT2D eigenvalue weighted by atomic mass is 16.7. The van der Waals surface area contributed by atoms with Crippen LogP contribution in [0.15, 0.2) is 24.3 Å². The first-order chi connectivity index (χ1) is 9.35. The molecule has 0 unspecified atom stereocenters. The van der Waals surface area contributed by atoms with Gasteiger partial charge in [-0.3, -0.25) is 0 Å². The molecule has 1 aromatic carbocycles. The molecule has 3 atom stereocenters. The Morgan fingerprint density at radius 3 is 3.00 bits per heavy atom. The van der Waals surface area contributed by atoms with Crippen molar-refractivity contribution in [1.29, 1.82) is 0 Å². The summed E-state index contributed by atoms with van der Waals surface area (Å²) in [7, 11) is 1.84. The first-order valence-corrected chi connectivity index (χ1v) is 7.74. The molecule has 2 heteroatoms. The predicted molar refractivity (Wildman–Crippen MR) is 75.9 cm³/mol. The molecular formula is C17H23NO. The molecule has 1 heterocycles. The van der Waals surface area contributed by atoms with Crippen LogP contribution in [0, 0.1) is 5.92 Å². The van der Waals surface area contributed by atoms with E-state index in [1.807, 2.05) is 7.11 Å². The fourth-order valence-corrected chi connectivity index (χ4v) is 5.16. The summed E-state index contributed by atoms with van der Waals surface area (Å²) >= 11 is 0. The van der Waals surface area contributed by atoms with Gasteiger partial charge in [-0.15, -0.1) is 0 Å². The average Bonchev–Trinajstić information content (AvgIpc) is 2.47. The number of fused-ring (bicyclic) bond motifs is 1. The van der Waals surface area contributed by atoms with E-state index in [-0.39, 0.29) is 0 Å². The van der Waals surface area contributed by atoms with Crippen molar-refractivity contribution in [2.75, 3.05) is 13.7 Å². The second-order valence-corrected chi connectivity index (χ2v) is 6.51. The lowest BCUT2D eigenvalue weighted by Gasteiger charge is -2.58. The summed E-state index contributed by atoms with van der Waals surface area (Å²) in [6.07, 6.45) is 8.05. The zero-order valence-electron chi connectivity index (χ0n) is 11.8. The Kier molecular flexibility index (Phi) is 2.71. The third-order valence-electron chi connectivity index (χ3n) is 5.93. The van der Waals surface area contributed by atoms with Gasteiger partial charge in [0.2, 0.25) is 0 Å². The molecule has 0 radical (unpaired) electrons. The number of hydrogen-bond donors (Lipinski definition) is 0. The molecule has 2 fully saturated rings. The minimum atomic E-state index is 0.465. The highest BCUT2D eigenvalue weighted by Crippen LogP contribution is 2.55. The molecule has 1 saturated heterocycles. The maximum absolute atomic E-state index is 5.67. The zero-order valence-corrected chi connectivity index (χ0v) is 11.8. The molecule has 1 aliphatic heterocycles. The molecule has 2 nitrogen and oxygen atoms in total. The maximum Gasteiger partial charge on any atom is 0.0575 e. The Morgan fingerprint density at radius 2 is 2.11 bits per heavy atom. The molecule has 2 aliphatic carbocycles. The van der Waals surface area contributed by atoms with Crippen molar-refractivity contribution in [3.8, 4) is 0 Å². The fraction of sp³-hybridized carbons (Fsp3) is 0.647. The number of nitrogens with zero attached hydrogens (tertiary/aromatic N) is 1. The molecular weight excluding hydrogens is 234 g/mol. The van der Waals surface area contributed by atoms with Crippen molar-refractivity contribution in [3.05, 3.63) is 35.4 Å². The predicted octanol–water partition coefficient (Wildman–Crippen LogP) is 3.31. The molecule has 2 bridgehead atoms. The van der Waals surface area contributed by atoms with Gasteiger partial charge >= 0.3 is 0 Å². The van der Waals surface area contributed by atoms with Gasteiger partial charge in [-0.25, -0.2) is 0 Å². The van der Waals surface area contributed by atoms with E-state index in [0.717, 1.165) is 12.5 Å². The fourth-order valence-electron chi connectivity index (χ4n) is 5.16. The van der Waals surface area contributed by atoms with E-state index >= 15 is 0 Å². The smallest absolute Gasteiger partial charge is 0.0575 e. The third kappa shape index (κ3) is 1.56. The van der Waals surface area contributed by atoms with Gasteiger partial charge in [0, 0.05) is 18.0 Å². The Hall–Kier alpha value is -0.860. The quantitative estimate of drug-likeness (QED) is 0.765. The van der Waals surface area contributed by atoms with Gasteiger partial charge in [-0.05, 0) is 42.7 Å². The molecule has 3 aliphatic rings. The van der Waals surface area contributed by atoms with E-state index in [9.17, 15) is 0 Å². The largest absolute Gasteiger partial charge is 0.302 e. The van der Waals surface area contributed by atoms with E-state index in [1.165, 1.54) is 38.5 Å². The van der Waals surface area contributed by atoms with Crippen molar-refractivity contribution < 1.29 is 4.84 Å². The Morgan fingerprint density at radius 1 is 1.21 bits per heavy atom. The molecule has 0 spiro atoms. The van der Waals surface area contributed by atoms with Crippen LogP contribution in [-0.4, -0.2) is 24.8 Å². The van der Waals surface area contributed by atoms with Crippen LogP contribution in [0.2, 0.25) is 0 Å². The van der Waals surface area contributed by atoms with Gasteiger partial charge in [0.1, 0.15) is 0 Å². The Bertz CT molecular complexity index is 486. The van der Waals surface area contributed by atoms with Gasteiger partial charge in [0.25, 0.3) is 0 Å². The van der Waals surface area contributed by atoms with Crippen LogP contribution in [0.1, 0.15) is 43.2 Å². The first kappa shape index (κ1) is 11.9. The summed E-state index contributed by atoms with van der Waals surface area (Å²) in [6.45, 7) is 1.10. The number of piperidine rings is 1.